The third kappa shape index (κ3) is 89.5. The van der Waals surface area contributed by atoms with Gasteiger partial charge in [-0.1, -0.05) is 301 Å². The molecule has 0 atom stereocenters. The first kappa shape index (κ1) is 151. The van der Waals surface area contributed by atoms with Crippen LogP contribution < -0.4 is 19.0 Å². The average molecular weight is 2040 g/mol. The van der Waals surface area contributed by atoms with E-state index in [0.29, 0.717) is 0 Å². The van der Waals surface area contributed by atoms with Gasteiger partial charge in [-0.3, -0.25) is 14.5 Å². The number of fused-ring (bicyclic) bond motifs is 3. The fraction of sp³-hybridized carbons (Fsp3) is 0.587. The SMILES string of the molecule is CC.CC.CC.CC.CC.CC.CC.CC(C)=C(C)C.CC(C)=C(C)C.CC(C)=C(C)C.CCC.CCC.CCC.CCC[n+]1ccccc1.CN1CCN=C1SCC[n+]1ccccc1.CN1CCNC1=S.CN1CC[N+](C)=C1SCC[n+]1ccccc1.[CH3-].[CH3-].[CH3-].[Rh].[Rh].[Rh].c1ccc2c(c1)CCCC2.c1ccc2c(c1)CCCC2.c1ccc2c(c1)CCCC2. The zero-order valence-electron chi connectivity index (χ0n) is 88.5. The van der Waals surface area contributed by atoms with Crippen molar-refractivity contribution in [1.82, 2.24) is 20.0 Å². The summed E-state index contributed by atoms with van der Waals surface area (Å²) in [6.07, 6.45) is 33.7. The minimum atomic E-state index is 0. The molecule has 3 aliphatic heterocycles. The number of allylic oxidation sites excluding steroid dienone is 6. The molecule has 727 valence electrons. The monoisotopic (exact) mass is 2040 g/mol. The van der Waals surface area contributed by atoms with Gasteiger partial charge in [-0.15, -0.1) is 0 Å². The van der Waals surface area contributed by atoms with E-state index in [-0.39, 0.29) is 80.7 Å². The van der Waals surface area contributed by atoms with Crippen LogP contribution in [-0.4, -0.2) is 114 Å². The number of aromatic nitrogens is 3. The Hall–Kier alpha value is -4.47. The number of benzene rings is 3. The van der Waals surface area contributed by atoms with Crippen LogP contribution in [0, 0.1) is 22.3 Å². The maximum Gasteiger partial charge on any atom is 0.308 e. The van der Waals surface area contributed by atoms with Crippen molar-refractivity contribution in [2.45, 2.75) is 351 Å². The molecule has 1 fully saturated rings. The molecule has 1 saturated heterocycles. The summed E-state index contributed by atoms with van der Waals surface area (Å²) in [4.78, 5) is 11.0. The molecule has 6 aliphatic rings. The molecule has 3 aliphatic carbocycles. The summed E-state index contributed by atoms with van der Waals surface area (Å²) < 4.78 is 8.94. The second-order valence-electron chi connectivity index (χ2n) is 28.5. The van der Waals surface area contributed by atoms with Gasteiger partial charge in [-0.25, -0.2) is 13.7 Å². The molecule has 0 saturated carbocycles. The van der Waals surface area contributed by atoms with Gasteiger partial charge in [0.15, 0.2) is 60.6 Å². The van der Waals surface area contributed by atoms with Crippen LogP contribution in [0.3, 0.4) is 0 Å². The minimum absolute atomic E-state index is 0. The molecule has 15 heteroatoms. The van der Waals surface area contributed by atoms with Crippen LogP contribution in [0.5, 0.6) is 0 Å². The van der Waals surface area contributed by atoms with E-state index in [1.165, 1.54) is 147 Å². The van der Waals surface area contributed by atoms with Crippen LogP contribution in [0.4, 0.5) is 0 Å². The van der Waals surface area contributed by atoms with Gasteiger partial charge in [0.25, 0.3) is 0 Å². The first-order valence-corrected chi connectivity index (χ1v) is 49.0. The zero-order valence-corrected chi connectivity index (χ0v) is 95.8. The van der Waals surface area contributed by atoms with Gasteiger partial charge in [-0.2, -0.15) is 0 Å². The molecule has 6 heterocycles. The molecular weight excluding hydrogens is 1840 g/mol. The number of aliphatic imine (C=N–C) groups is 1. The van der Waals surface area contributed by atoms with Crippen molar-refractivity contribution < 1.29 is 76.7 Å². The molecule has 1 N–H and O–H groups in total. The largest absolute Gasteiger partial charge is 0.361 e. The van der Waals surface area contributed by atoms with Crippen molar-refractivity contribution in [1.29, 1.82) is 0 Å². The molecule has 3 aromatic heterocycles. The van der Waals surface area contributed by atoms with Gasteiger partial charge in [0.05, 0.1) is 32.1 Å². The Kier molecular flexibility index (Phi) is 139. The van der Waals surface area contributed by atoms with E-state index < -0.39 is 0 Å². The molecule has 12 rings (SSSR count). The Balaban J connectivity index is -0.0000000885. The summed E-state index contributed by atoms with van der Waals surface area (Å²) in [6, 6.07) is 44.9. The molecule has 0 bridgehead atoms. The van der Waals surface area contributed by atoms with Crippen molar-refractivity contribution in [3.63, 3.8) is 0 Å². The predicted octanol–water partition coefficient (Wildman–Crippen LogP) is 30.4. The fourth-order valence-corrected chi connectivity index (χ4v) is 12.0. The quantitative estimate of drug-likeness (QED) is 0.0536. The maximum atomic E-state index is 4.86. The van der Waals surface area contributed by atoms with Gasteiger partial charge in [0.1, 0.15) is 19.6 Å². The van der Waals surface area contributed by atoms with E-state index in [9.17, 15) is 0 Å². The first-order chi connectivity index (χ1) is 56.9. The van der Waals surface area contributed by atoms with Crippen molar-refractivity contribution >= 4 is 51.2 Å². The number of thiocarbonyl (C=S) groups is 1. The number of nitrogens with one attached hydrogen (secondary N) is 1. The van der Waals surface area contributed by atoms with E-state index >= 15 is 0 Å². The number of pyridine rings is 3. The fourth-order valence-electron chi connectivity index (χ4n) is 9.76. The normalized spacial score (nSPS) is 11.7. The molecule has 0 spiro atoms. The van der Waals surface area contributed by atoms with E-state index in [1.54, 1.807) is 33.4 Å². The van der Waals surface area contributed by atoms with E-state index in [0.717, 1.165) is 75.5 Å². The van der Waals surface area contributed by atoms with Crippen molar-refractivity contribution in [3.05, 3.63) is 254 Å². The van der Waals surface area contributed by atoms with E-state index in [1.807, 2.05) is 145 Å². The second-order valence-corrected chi connectivity index (χ2v) is 31.0. The van der Waals surface area contributed by atoms with Crippen LogP contribution in [0.2, 0.25) is 0 Å². The molecule has 0 unspecified atom stereocenters. The van der Waals surface area contributed by atoms with Crippen LogP contribution in [0.25, 0.3) is 0 Å². The number of nitrogens with zero attached hydrogens (tertiary/aromatic N) is 8. The summed E-state index contributed by atoms with van der Waals surface area (Å²) in [7, 11) is 8.43. The molecule has 3 aromatic carbocycles. The van der Waals surface area contributed by atoms with Crippen molar-refractivity contribution in [2.24, 2.45) is 4.99 Å². The molecule has 3 radical (unpaired) electrons. The minimum Gasteiger partial charge on any atom is -0.361 e. The molecular formula is C109H202N9Rh3S3+. The van der Waals surface area contributed by atoms with Gasteiger partial charge in [-0.05, 0) is 217 Å². The zero-order chi connectivity index (χ0) is 91.7. The van der Waals surface area contributed by atoms with Crippen LogP contribution in [0.1, 0.15) is 326 Å². The van der Waals surface area contributed by atoms with Gasteiger partial charge in [0, 0.05) is 135 Å². The summed E-state index contributed by atoms with van der Waals surface area (Å²) in [5.74, 6) is 2.20. The Labute approximate surface area is 829 Å². The number of aryl methyl sites for hydroxylation is 9. The second kappa shape index (κ2) is 115. The van der Waals surface area contributed by atoms with Crippen LogP contribution >= 0.6 is 35.7 Å². The first-order valence-electron chi connectivity index (χ1n) is 46.6. The third-order valence-corrected chi connectivity index (χ3v) is 20.1. The maximum absolute atomic E-state index is 4.86. The van der Waals surface area contributed by atoms with Crippen molar-refractivity contribution in [2.75, 3.05) is 79.0 Å². The Morgan fingerprint density at radius 1 is 0.355 bits per heavy atom. The summed E-state index contributed by atoms with van der Waals surface area (Å²) in [5, 5.41) is 6.49. The summed E-state index contributed by atoms with van der Waals surface area (Å²) in [6.45, 7) is 78.0. The van der Waals surface area contributed by atoms with Gasteiger partial charge in [0.2, 0.25) is 0 Å². The number of rotatable bonds is 8. The summed E-state index contributed by atoms with van der Waals surface area (Å²) >= 11 is 8.64. The Morgan fingerprint density at radius 2 is 0.605 bits per heavy atom. The topological polar surface area (TPSA) is 48.8 Å². The van der Waals surface area contributed by atoms with Gasteiger partial charge >= 0.3 is 5.17 Å². The van der Waals surface area contributed by atoms with E-state index in [4.69, 9.17) is 12.2 Å². The Morgan fingerprint density at radius 3 is 0.790 bits per heavy atom. The number of hydrogen-bond donors (Lipinski definition) is 1. The van der Waals surface area contributed by atoms with Crippen molar-refractivity contribution in [3.8, 4) is 0 Å². The molecule has 9 nitrogen and oxygen atoms in total. The molecule has 124 heavy (non-hydrogen) atoms. The van der Waals surface area contributed by atoms with Gasteiger partial charge < -0.3 is 37.4 Å². The number of likely N-dealkylation sites (N-methyl/N-ethyl adjacent to an activating group) is 4. The Bertz CT molecular complexity index is 3000. The average Bonchev–Trinajstić information content (AvgIpc) is 1.51. The predicted molar refractivity (Wildman–Crippen MR) is 567 cm³/mol. The number of thioether (sulfide) groups is 2. The number of amidine groups is 2. The van der Waals surface area contributed by atoms with E-state index in [2.05, 4.69) is 344 Å². The van der Waals surface area contributed by atoms with Crippen LogP contribution in [-0.2, 0) is 117 Å². The third-order valence-electron chi connectivity index (χ3n) is 17.3. The van der Waals surface area contributed by atoms with Crippen LogP contribution in [0.15, 0.2) is 203 Å². The standard InChI is InChI=1S/C12H19N3S.C11H16N3S.3C10H12.C8H12N.3C6H12.C4H8N2S.3C3H8.7C2H6.3CH3.3Rh/c1-13-8-9-14(2)12(13)16-11-10-15-6-4-3-5-7-15;1-13-8-5-12-11(13)15-10-9-14-6-3-2-4-7-14;3*1-2-6-10-8-4-3-7-9(10)5-1;1-2-6-9-7-4-3-5-8-9;3*1-5(2)6(3)4;1-6-3-2-5-4(6)7;3*1-3-2;7*1-2;;;;;;/h3-7H,8-11H2,1-2H3;2-4,6-7H,5,8-10H2,1H3;3*1-2,5-6H,3-4,7-8H2;3-5,7-8H,2,6H2,1H3;3*1-4H3;2-3H2,1H3,(H,5,7);3*3H2,1-2H3;7*1-2H3;3*1H3;;;/q+2;+1;;;;+1;;;;;;;;;;;;;;;3*-1;;;. The molecule has 6 aromatic rings. The summed E-state index contributed by atoms with van der Waals surface area (Å²) in [5.41, 5.74) is 18.0. The number of hydrogen-bond acceptors (Lipinski definition) is 6. The molecule has 0 amide bonds. The smallest absolute Gasteiger partial charge is 0.308 e.